The van der Waals surface area contributed by atoms with Crippen LogP contribution < -0.4 is 15.0 Å². The van der Waals surface area contributed by atoms with Crippen molar-refractivity contribution in [3.05, 3.63) is 66.4 Å². The first kappa shape index (κ1) is 18.0. The number of hydrogen-bond donors (Lipinski definition) is 1. The quantitative estimate of drug-likeness (QED) is 0.760. The molecule has 28 heavy (non-hydrogen) atoms. The van der Waals surface area contributed by atoms with Crippen molar-refractivity contribution in [3.63, 3.8) is 0 Å². The van der Waals surface area contributed by atoms with E-state index in [1.807, 2.05) is 55.5 Å². The van der Waals surface area contributed by atoms with Crippen molar-refractivity contribution >= 4 is 28.4 Å². The Labute approximate surface area is 163 Å². The lowest BCUT2D eigenvalue weighted by Crippen LogP contribution is -2.51. The smallest absolute Gasteiger partial charge is 0.277 e. The van der Waals surface area contributed by atoms with Gasteiger partial charge in [-0.2, -0.15) is 0 Å². The predicted octanol–water partition coefficient (Wildman–Crippen LogP) is 3.17. The fourth-order valence-corrected chi connectivity index (χ4v) is 3.25. The third-order valence-corrected chi connectivity index (χ3v) is 4.68. The molecule has 0 unspecified atom stereocenters. The summed E-state index contributed by atoms with van der Waals surface area (Å²) in [6, 6.07) is 18.5. The lowest BCUT2D eigenvalue weighted by atomic mass is 10.1. The fraction of sp³-hybridized carbons (Fsp3) is 0.227. The van der Waals surface area contributed by atoms with E-state index in [1.54, 1.807) is 17.0 Å². The average Bonchev–Trinajstić information content (AvgIpc) is 2.75. The Hall–Kier alpha value is -3.41. The van der Waals surface area contributed by atoms with Crippen molar-refractivity contribution in [2.45, 2.75) is 19.4 Å². The van der Waals surface area contributed by atoms with E-state index in [9.17, 15) is 9.59 Å². The van der Waals surface area contributed by atoms with Gasteiger partial charge in [-0.15, -0.1) is 0 Å². The number of rotatable bonds is 4. The van der Waals surface area contributed by atoms with Gasteiger partial charge in [-0.25, -0.2) is 4.98 Å². The normalized spacial score (nSPS) is 15.6. The first-order chi connectivity index (χ1) is 13.7. The molecule has 4 rings (SSSR count). The van der Waals surface area contributed by atoms with E-state index in [0.29, 0.717) is 23.7 Å². The number of nitrogens with zero attached hydrogens (tertiary/aromatic N) is 2. The van der Waals surface area contributed by atoms with E-state index < -0.39 is 6.10 Å². The van der Waals surface area contributed by atoms with Crippen LogP contribution in [-0.2, 0) is 4.79 Å². The second-order valence-corrected chi connectivity index (χ2v) is 6.67. The number of fused-ring (bicyclic) bond motifs is 2. The van der Waals surface area contributed by atoms with Gasteiger partial charge in [-0.05, 0) is 30.7 Å². The number of carbonyl (C=O) groups excluding carboxylic acids is 2. The number of ether oxygens (including phenoxy) is 1. The van der Waals surface area contributed by atoms with Gasteiger partial charge < -0.3 is 10.1 Å². The van der Waals surface area contributed by atoms with Crippen molar-refractivity contribution in [1.82, 2.24) is 10.3 Å². The zero-order valence-electron chi connectivity index (χ0n) is 15.6. The zero-order valence-corrected chi connectivity index (χ0v) is 15.6. The van der Waals surface area contributed by atoms with Crippen LogP contribution in [0, 0.1) is 0 Å². The monoisotopic (exact) mass is 375 g/mol. The van der Waals surface area contributed by atoms with Gasteiger partial charge in [0.05, 0.1) is 17.7 Å². The Bertz CT molecular complexity index is 1030. The van der Waals surface area contributed by atoms with Crippen LogP contribution in [0.5, 0.6) is 5.75 Å². The maximum absolute atomic E-state index is 13.3. The summed E-state index contributed by atoms with van der Waals surface area (Å²) in [6.45, 7) is 2.69. The van der Waals surface area contributed by atoms with Crippen molar-refractivity contribution in [2.24, 2.45) is 0 Å². The average molecular weight is 375 g/mol. The lowest BCUT2D eigenvalue weighted by molar-refractivity contribution is -0.127. The van der Waals surface area contributed by atoms with Crippen LogP contribution in [0.1, 0.15) is 23.8 Å². The van der Waals surface area contributed by atoms with Crippen molar-refractivity contribution in [3.8, 4) is 5.75 Å². The summed E-state index contributed by atoms with van der Waals surface area (Å²) in [7, 11) is 0. The first-order valence-electron chi connectivity index (χ1n) is 9.38. The molecule has 1 N–H and O–H groups in total. The highest BCUT2D eigenvalue weighted by Crippen LogP contribution is 2.34. The van der Waals surface area contributed by atoms with Crippen LogP contribution in [-0.4, -0.2) is 36.0 Å². The van der Waals surface area contributed by atoms with Gasteiger partial charge in [0, 0.05) is 11.9 Å². The molecule has 0 bridgehead atoms. The van der Waals surface area contributed by atoms with Crippen LogP contribution >= 0.6 is 0 Å². The predicted molar refractivity (Wildman–Crippen MR) is 108 cm³/mol. The van der Waals surface area contributed by atoms with Gasteiger partial charge in [0.15, 0.2) is 6.10 Å². The lowest BCUT2D eigenvalue weighted by Gasteiger charge is -2.34. The molecule has 0 saturated heterocycles. The summed E-state index contributed by atoms with van der Waals surface area (Å²) in [6.07, 6.45) is 0.0736. The number of anilines is 1. The molecular weight excluding hydrogens is 354 g/mol. The van der Waals surface area contributed by atoms with E-state index in [0.717, 1.165) is 17.3 Å². The number of hydrogen-bond acceptors (Lipinski definition) is 4. The molecule has 1 atom stereocenters. The molecule has 3 aromatic rings. The molecule has 0 saturated carbocycles. The molecule has 0 spiro atoms. The summed E-state index contributed by atoms with van der Waals surface area (Å²) in [5.41, 5.74) is 1.73. The van der Waals surface area contributed by atoms with E-state index >= 15 is 0 Å². The molecule has 1 aliphatic heterocycles. The van der Waals surface area contributed by atoms with E-state index in [4.69, 9.17) is 4.74 Å². The van der Waals surface area contributed by atoms with Crippen LogP contribution in [0.15, 0.2) is 60.7 Å². The van der Waals surface area contributed by atoms with Gasteiger partial charge in [0.1, 0.15) is 11.4 Å². The number of amides is 2. The highest BCUT2D eigenvalue weighted by molar-refractivity contribution is 6.07. The standard InChI is InChI=1S/C22H21N3O3/c1-2-13-23-21(26)20-14-25(18-9-5-6-10-19(18)28-20)22(27)17-12-11-15-7-3-4-8-16(15)24-17/h3-12,20H,2,13-14H2,1H3,(H,23,26)/t20-/m0/s1. The highest BCUT2D eigenvalue weighted by atomic mass is 16.5. The molecule has 2 amide bonds. The van der Waals surface area contributed by atoms with Gasteiger partial charge >= 0.3 is 0 Å². The van der Waals surface area contributed by atoms with Crippen molar-refractivity contribution in [2.75, 3.05) is 18.0 Å². The molecule has 142 valence electrons. The van der Waals surface area contributed by atoms with E-state index in [2.05, 4.69) is 10.3 Å². The number of benzene rings is 2. The minimum atomic E-state index is -0.758. The summed E-state index contributed by atoms with van der Waals surface area (Å²) in [5.74, 6) is 0.0370. The van der Waals surface area contributed by atoms with Crippen LogP contribution in [0.4, 0.5) is 5.69 Å². The Morgan fingerprint density at radius 1 is 1.11 bits per heavy atom. The number of carbonyl (C=O) groups is 2. The highest BCUT2D eigenvalue weighted by Gasteiger charge is 2.34. The summed E-state index contributed by atoms with van der Waals surface area (Å²) < 4.78 is 5.85. The Kier molecular flexibility index (Phi) is 4.93. The third-order valence-electron chi connectivity index (χ3n) is 4.68. The number of para-hydroxylation sites is 3. The zero-order chi connectivity index (χ0) is 19.5. The summed E-state index contributed by atoms with van der Waals surface area (Å²) >= 11 is 0. The maximum atomic E-state index is 13.3. The molecule has 6 nitrogen and oxygen atoms in total. The Balaban J connectivity index is 1.67. The van der Waals surface area contributed by atoms with Crippen molar-refractivity contribution < 1.29 is 14.3 Å². The van der Waals surface area contributed by atoms with Gasteiger partial charge in [0.25, 0.3) is 11.8 Å². The maximum Gasteiger partial charge on any atom is 0.277 e. The molecule has 0 aliphatic carbocycles. The second kappa shape index (κ2) is 7.68. The topological polar surface area (TPSA) is 71.5 Å². The van der Waals surface area contributed by atoms with E-state index in [-0.39, 0.29) is 18.4 Å². The number of aromatic nitrogens is 1. The van der Waals surface area contributed by atoms with Gasteiger partial charge in [-0.3, -0.25) is 14.5 Å². The van der Waals surface area contributed by atoms with Crippen LogP contribution in [0.25, 0.3) is 10.9 Å². The van der Waals surface area contributed by atoms with E-state index in [1.165, 1.54) is 0 Å². The first-order valence-corrected chi connectivity index (χ1v) is 9.38. The molecular formula is C22H21N3O3. The molecule has 0 fully saturated rings. The Morgan fingerprint density at radius 2 is 1.89 bits per heavy atom. The molecule has 1 aliphatic rings. The summed E-state index contributed by atoms with van der Waals surface area (Å²) in [5, 5.41) is 3.81. The molecule has 0 radical (unpaired) electrons. The molecule has 6 heteroatoms. The van der Waals surface area contributed by atoms with Gasteiger partial charge in [-0.1, -0.05) is 43.3 Å². The summed E-state index contributed by atoms with van der Waals surface area (Å²) in [4.78, 5) is 31.8. The Morgan fingerprint density at radius 3 is 2.75 bits per heavy atom. The SMILES string of the molecule is CCCNC(=O)[C@@H]1CN(C(=O)c2ccc3ccccc3n2)c2ccccc2O1. The molecule has 1 aromatic heterocycles. The number of pyridine rings is 1. The minimum absolute atomic E-state index is 0.139. The number of nitrogens with one attached hydrogen (secondary N) is 1. The molecule has 2 aromatic carbocycles. The van der Waals surface area contributed by atoms with Crippen LogP contribution in [0.2, 0.25) is 0 Å². The van der Waals surface area contributed by atoms with Crippen LogP contribution in [0.3, 0.4) is 0 Å². The van der Waals surface area contributed by atoms with Gasteiger partial charge in [0.2, 0.25) is 0 Å². The minimum Gasteiger partial charge on any atom is -0.477 e. The second-order valence-electron chi connectivity index (χ2n) is 6.67. The third kappa shape index (κ3) is 3.41. The molecule has 2 heterocycles. The largest absolute Gasteiger partial charge is 0.477 e. The fourth-order valence-electron chi connectivity index (χ4n) is 3.25. The van der Waals surface area contributed by atoms with Crippen molar-refractivity contribution in [1.29, 1.82) is 0 Å².